The Labute approximate surface area is 205 Å². The van der Waals surface area contributed by atoms with Crippen molar-refractivity contribution < 1.29 is 22.7 Å². The molecule has 0 aromatic heterocycles. The topological polar surface area (TPSA) is 97.3 Å². The van der Waals surface area contributed by atoms with Gasteiger partial charge in [0.15, 0.2) is 11.5 Å². The number of likely N-dealkylation sites (tertiary alicyclic amines) is 1. The average molecular weight is 494 g/mol. The Balaban J connectivity index is 1.48. The molecule has 0 radical (unpaired) electrons. The number of hydrogen-bond donors (Lipinski definition) is 1. The summed E-state index contributed by atoms with van der Waals surface area (Å²) in [7, 11) is -0.559. The summed E-state index contributed by atoms with van der Waals surface area (Å²) >= 11 is 0. The van der Waals surface area contributed by atoms with Crippen molar-refractivity contribution in [1.29, 1.82) is 0 Å². The maximum Gasteiger partial charge on any atom is 0.284 e. The van der Waals surface area contributed by atoms with Crippen LogP contribution in [0.25, 0.3) is 0 Å². The summed E-state index contributed by atoms with van der Waals surface area (Å²) in [6.07, 6.45) is 1.50. The van der Waals surface area contributed by atoms with Gasteiger partial charge in [0.2, 0.25) is 0 Å². The highest BCUT2D eigenvalue weighted by Crippen LogP contribution is 2.29. The van der Waals surface area contributed by atoms with Crippen molar-refractivity contribution >= 4 is 27.5 Å². The highest BCUT2D eigenvalue weighted by molar-refractivity contribution is 7.90. The maximum atomic E-state index is 12.9. The Kier molecular flexibility index (Phi) is 7.36. The number of nitrogens with zero attached hydrogens (tertiary/aromatic N) is 2. The molecule has 1 aliphatic rings. The van der Waals surface area contributed by atoms with Crippen LogP contribution in [0, 0.1) is 0 Å². The molecule has 0 aliphatic carbocycles. The van der Waals surface area contributed by atoms with Crippen LogP contribution < -0.4 is 14.8 Å². The van der Waals surface area contributed by atoms with E-state index in [1.807, 2.05) is 42.3 Å². The molecule has 182 valence electrons. The van der Waals surface area contributed by atoms with Gasteiger partial charge >= 0.3 is 0 Å². The molecule has 3 aromatic carbocycles. The van der Waals surface area contributed by atoms with E-state index in [-0.39, 0.29) is 4.90 Å². The molecule has 35 heavy (non-hydrogen) atoms. The van der Waals surface area contributed by atoms with Crippen molar-refractivity contribution in [3.05, 3.63) is 83.9 Å². The molecule has 0 bridgehead atoms. The molecule has 0 spiro atoms. The lowest BCUT2D eigenvalue weighted by atomic mass is 10.1. The van der Waals surface area contributed by atoms with E-state index in [0.29, 0.717) is 41.6 Å². The monoisotopic (exact) mass is 493 g/mol. The third kappa shape index (κ3) is 5.99. The predicted octanol–water partition coefficient (Wildman–Crippen LogP) is 4.34. The van der Waals surface area contributed by atoms with Gasteiger partial charge in [-0.15, -0.1) is 4.40 Å². The number of carbonyl (C=O) groups excluding carboxylic acids is 1. The number of ether oxygens (including phenoxy) is 2. The molecule has 1 saturated heterocycles. The van der Waals surface area contributed by atoms with E-state index in [1.54, 1.807) is 30.3 Å². The zero-order chi connectivity index (χ0) is 24.8. The number of nitrogens with one attached hydrogen (secondary N) is 1. The van der Waals surface area contributed by atoms with E-state index in [2.05, 4.69) is 9.71 Å². The number of rotatable bonds is 8. The van der Waals surface area contributed by atoms with Crippen molar-refractivity contribution in [2.24, 2.45) is 4.40 Å². The van der Waals surface area contributed by atoms with Gasteiger partial charge in [0.25, 0.3) is 15.9 Å². The lowest BCUT2D eigenvalue weighted by Crippen LogP contribution is -2.20. The highest BCUT2D eigenvalue weighted by atomic mass is 32.2. The van der Waals surface area contributed by atoms with Crippen molar-refractivity contribution in [3.63, 3.8) is 0 Å². The van der Waals surface area contributed by atoms with Crippen LogP contribution in [0.3, 0.4) is 0 Å². The zero-order valence-electron chi connectivity index (χ0n) is 19.6. The van der Waals surface area contributed by atoms with Gasteiger partial charge in [0.1, 0.15) is 12.4 Å². The first-order valence-electron chi connectivity index (χ1n) is 11.2. The number of anilines is 1. The summed E-state index contributed by atoms with van der Waals surface area (Å²) in [5.74, 6) is 1.06. The van der Waals surface area contributed by atoms with Gasteiger partial charge in [-0.25, -0.2) is 0 Å². The molecule has 1 amide bonds. The molecule has 9 heteroatoms. The van der Waals surface area contributed by atoms with Gasteiger partial charge in [-0.3, -0.25) is 4.79 Å². The first kappa shape index (κ1) is 24.3. The molecule has 1 aliphatic heterocycles. The summed E-state index contributed by atoms with van der Waals surface area (Å²) in [6.45, 7) is 1.15. The van der Waals surface area contributed by atoms with Crippen LogP contribution in [-0.4, -0.2) is 45.8 Å². The Bertz CT molecular complexity index is 1340. The number of sulfonamides is 1. The van der Waals surface area contributed by atoms with E-state index in [1.165, 1.54) is 19.2 Å². The van der Waals surface area contributed by atoms with Gasteiger partial charge in [-0.2, -0.15) is 8.42 Å². The summed E-state index contributed by atoms with van der Waals surface area (Å²) in [5, 5.41) is 2.74. The minimum Gasteiger partial charge on any atom is -0.493 e. The smallest absolute Gasteiger partial charge is 0.284 e. The van der Waals surface area contributed by atoms with Crippen LogP contribution in [0.5, 0.6) is 11.5 Å². The van der Waals surface area contributed by atoms with E-state index in [0.717, 1.165) is 18.5 Å². The standard InChI is InChI=1S/C26H27N3O5S/c1-29-15-7-12-25(29)28-35(31,32)22-11-6-10-21(17-22)27-26(30)20-13-14-23(24(16-20)33-2)34-18-19-8-4-3-5-9-19/h3-6,8-11,13-14,16-17H,7,12,15,18H2,1-2H3,(H,27,30). The second-order valence-electron chi connectivity index (χ2n) is 8.13. The molecule has 0 unspecified atom stereocenters. The molecule has 1 fully saturated rings. The second-order valence-corrected chi connectivity index (χ2v) is 9.73. The summed E-state index contributed by atoms with van der Waals surface area (Å²) in [5.41, 5.74) is 1.70. The highest BCUT2D eigenvalue weighted by Gasteiger charge is 2.21. The second kappa shape index (κ2) is 10.6. The quantitative estimate of drug-likeness (QED) is 0.501. The Morgan fingerprint density at radius 3 is 2.54 bits per heavy atom. The summed E-state index contributed by atoms with van der Waals surface area (Å²) in [4.78, 5) is 14.7. The van der Waals surface area contributed by atoms with Crippen molar-refractivity contribution in [3.8, 4) is 11.5 Å². The molecular weight excluding hydrogens is 466 g/mol. The molecule has 1 N–H and O–H groups in total. The van der Waals surface area contributed by atoms with Gasteiger partial charge in [-0.1, -0.05) is 36.4 Å². The molecular formula is C26H27N3O5S. The van der Waals surface area contributed by atoms with Crippen molar-refractivity contribution in [2.75, 3.05) is 26.0 Å². The van der Waals surface area contributed by atoms with Crippen molar-refractivity contribution in [1.82, 2.24) is 4.90 Å². The zero-order valence-corrected chi connectivity index (χ0v) is 20.4. The maximum absolute atomic E-state index is 12.9. The molecule has 0 saturated carbocycles. The van der Waals surface area contributed by atoms with Crippen LogP contribution in [0.4, 0.5) is 5.69 Å². The number of hydrogen-bond acceptors (Lipinski definition) is 5. The third-order valence-corrected chi connectivity index (χ3v) is 6.91. The largest absolute Gasteiger partial charge is 0.493 e. The fourth-order valence-electron chi connectivity index (χ4n) is 3.70. The molecule has 0 atom stereocenters. The number of amidine groups is 1. The van der Waals surface area contributed by atoms with Crippen LogP contribution in [-0.2, 0) is 16.6 Å². The Morgan fingerprint density at radius 1 is 1.03 bits per heavy atom. The third-order valence-electron chi connectivity index (χ3n) is 5.61. The van der Waals surface area contributed by atoms with E-state index < -0.39 is 15.9 Å². The first-order chi connectivity index (χ1) is 16.9. The fourth-order valence-corrected chi connectivity index (χ4v) is 4.84. The fraction of sp³-hybridized carbons (Fsp3) is 0.231. The SMILES string of the molecule is COc1cc(C(=O)Nc2cccc(S(=O)(=O)N=C3CCCN3C)c2)ccc1OCc1ccccc1. The number of amides is 1. The average Bonchev–Trinajstić information content (AvgIpc) is 3.26. The van der Waals surface area contributed by atoms with Gasteiger partial charge in [0.05, 0.1) is 12.0 Å². The minimum absolute atomic E-state index is 0.0188. The van der Waals surface area contributed by atoms with Gasteiger partial charge in [0, 0.05) is 31.3 Å². The Hall–Kier alpha value is -3.85. The lowest BCUT2D eigenvalue weighted by molar-refractivity contribution is 0.102. The number of carbonyl (C=O) groups is 1. The van der Waals surface area contributed by atoms with Crippen LogP contribution >= 0.6 is 0 Å². The predicted molar refractivity (Wildman–Crippen MR) is 135 cm³/mol. The number of benzene rings is 3. The van der Waals surface area contributed by atoms with Crippen LogP contribution in [0.15, 0.2) is 82.1 Å². The number of methoxy groups -OCH3 is 1. The van der Waals surface area contributed by atoms with Crippen molar-refractivity contribution in [2.45, 2.75) is 24.3 Å². The van der Waals surface area contributed by atoms with E-state index >= 15 is 0 Å². The normalized spacial score (nSPS) is 14.7. The molecule has 4 rings (SSSR count). The minimum atomic E-state index is -3.89. The Morgan fingerprint density at radius 2 is 1.83 bits per heavy atom. The van der Waals surface area contributed by atoms with E-state index in [4.69, 9.17) is 9.47 Å². The summed E-state index contributed by atoms with van der Waals surface area (Å²) < 4.78 is 40.8. The lowest BCUT2D eigenvalue weighted by Gasteiger charge is -2.13. The van der Waals surface area contributed by atoms with Crippen LogP contribution in [0.2, 0.25) is 0 Å². The van der Waals surface area contributed by atoms with Gasteiger partial charge < -0.3 is 19.7 Å². The molecule has 8 nitrogen and oxygen atoms in total. The first-order valence-corrected chi connectivity index (χ1v) is 12.6. The van der Waals surface area contributed by atoms with Crippen LogP contribution in [0.1, 0.15) is 28.8 Å². The molecule has 1 heterocycles. The molecule has 3 aromatic rings. The summed E-state index contributed by atoms with van der Waals surface area (Å²) in [6, 6.07) is 20.7. The van der Waals surface area contributed by atoms with Gasteiger partial charge in [-0.05, 0) is 48.4 Å². The van der Waals surface area contributed by atoms with E-state index in [9.17, 15) is 13.2 Å².